The second-order valence-corrected chi connectivity index (χ2v) is 4.83. The minimum atomic E-state index is 0.145. The second-order valence-electron chi connectivity index (χ2n) is 4.39. The smallest absolute Gasteiger partial charge is 0.184 e. The van der Waals surface area contributed by atoms with E-state index in [1.807, 2.05) is 42.5 Å². The maximum Gasteiger partial charge on any atom is 0.184 e. The topological polar surface area (TPSA) is 59.6 Å². The molecule has 0 aliphatic carbocycles. The number of hydrogen-bond donors (Lipinski definition) is 2. The van der Waals surface area contributed by atoms with Crippen LogP contribution in [0.5, 0.6) is 5.75 Å². The van der Waals surface area contributed by atoms with Crippen molar-refractivity contribution in [2.24, 2.45) is 10.8 Å². The van der Waals surface area contributed by atoms with Gasteiger partial charge in [0.2, 0.25) is 0 Å². The van der Waals surface area contributed by atoms with Crippen molar-refractivity contribution in [1.29, 1.82) is 0 Å². The van der Waals surface area contributed by atoms with Gasteiger partial charge >= 0.3 is 0 Å². The van der Waals surface area contributed by atoms with E-state index in [0.29, 0.717) is 6.61 Å². The second kappa shape index (κ2) is 8.01. The number of ether oxygens (including phenoxy) is 1. The number of nitrogens with zero attached hydrogens (tertiary/aromatic N) is 1. The molecule has 0 amide bonds. The average Bonchev–Trinajstić information content (AvgIpc) is 2.50. The Labute approximate surface area is 129 Å². The molecule has 0 spiro atoms. The molecule has 0 radical (unpaired) electrons. The molecule has 21 heavy (non-hydrogen) atoms. The van der Waals surface area contributed by atoms with Gasteiger partial charge in [-0.25, -0.2) is 0 Å². The minimum absolute atomic E-state index is 0.145. The first-order valence-electron chi connectivity index (χ1n) is 6.59. The predicted molar refractivity (Wildman–Crippen MR) is 89.6 cm³/mol. The van der Waals surface area contributed by atoms with Crippen LogP contribution in [0.4, 0.5) is 0 Å². The molecule has 108 valence electrons. The van der Waals surface area contributed by atoms with E-state index in [1.165, 1.54) is 5.56 Å². The van der Waals surface area contributed by atoms with Crippen molar-refractivity contribution in [2.75, 3.05) is 6.61 Å². The first-order chi connectivity index (χ1) is 10.2. The van der Waals surface area contributed by atoms with Gasteiger partial charge in [0, 0.05) is 6.42 Å². The first kappa shape index (κ1) is 15.0. The molecule has 2 aromatic carbocycles. The number of hydrogen-bond acceptors (Lipinski definition) is 3. The summed E-state index contributed by atoms with van der Waals surface area (Å²) in [5, 5.41) is 4.04. The van der Waals surface area contributed by atoms with Gasteiger partial charge in [0.05, 0.1) is 12.8 Å². The van der Waals surface area contributed by atoms with Crippen molar-refractivity contribution >= 4 is 23.5 Å². The van der Waals surface area contributed by atoms with E-state index in [1.54, 1.807) is 6.21 Å². The van der Waals surface area contributed by atoms with Crippen LogP contribution in [0.3, 0.4) is 0 Å². The van der Waals surface area contributed by atoms with E-state index in [2.05, 4.69) is 34.9 Å². The summed E-state index contributed by atoms with van der Waals surface area (Å²) >= 11 is 4.65. The maximum absolute atomic E-state index is 5.71. The molecule has 0 saturated heterocycles. The summed E-state index contributed by atoms with van der Waals surface area (Å²) in [6.07, 6.45) is 2.54. The van der Waals surface area contributed by atoms with Crippen molar-refractivity contribution in [1.82, 2.24) is 5.43 Å². The molecule has 5 heteroatoms. The Morgan fingerprint density at radius 1 is 1.14 bits per heavy atom. The largest absolute Gasteiger partial charge is 0.493 e. The quantitative estimate of drug-likeness (QED) is 0.489. The summed E-state index contributed by atoms with van der Waals surface area (Å²) in [4.78, 5) is 0. The van der Waals surface area contributed by atoms with Gasteiger partial charge in [0.1, 0.15) is 5.75 Å². The van der Waals surface area contributed by atoms with Crippen LogP contribution in [0.25, 0.3) is 0 Å². The Morgan fingerprint density at radius 2 is 1.86 bits per heavy atom. The van der Waals surface area contributed by atoms with Crippen LogP contribution in [0.15, 0.2) is 59.7 Å². The fourth-order valence-corrected chi connectivity index (χ4v) is 1.80. The van der Waals surface area contributed by atoms with E-state index < -0.39 is 0 Å². The summed E-state index contributed by atoms with van der Waals surface area (Å²) in [5.41, 5.74) is 9.99. The zero-order valence-electron chi connectivity index (χ0n) is 11.5. The lowest BCUT2D eigenvalue weighted by Crippen LogP contribution is -2.23. The van der Waals surface area contributed by atoms with Crippen LogP contribution < -0.4 is 15.9 Å². The fourth-order valence-electron chi connectivity index (χ4n) is 1.75. The number of rotatable bonds is 6. The molecule has 2 aromatic rings. The zero-order chi connectivity index (χ0) is 14.9. The third-order valence-corrected chi connectivity index (χ3v) is 2.86. The van der Waals surface area contributed by atoms with E-state index in [4.69, 9.17) is 10.5 Å². The number of benzene rings is 2. The first-order valence-corrected chi connectivity index (χ1v) is 7.00. The highest BCUT2D eigenvalue weighted by Gasteiger charge is 1.96. The standard InChI is InChI=1S/C16H17N3OS/c17-16(21)19-18-12-14-6-8-15(9-7-14)20-11-10-13-4-2-1-3-5-13/h1-9,12H,10-11H2,(H3,17,19,21). The Bertz CT molecular complexity index is 597. The molecule has 0 atom stereocenters. The molecule has 0 aromatic heterocycles. The highest BCUT2D eigenvalue weighted by atomic mass is 32.1. The van der Waals surface area contributed by atoms with Crippen molar-refractivity contribution in [2.45, 2.75) is 6.42 Å². The van der Waals surface area contributed by atoms with Gasteiger partial charge < -0.3 is 10.5 Å². The van der Waals surface area contributed by atoms with Gasteiger partial charge in [-0.05, 0) is 47.6 Å². The van der Waals surface area contributed by atoms with Gasteiger partial charge in [-0.3, -0.25) is 5.43 Å². The normalized spacial score (nSPS) is 10.5. The van der Waals surface area contributed by atoms with Crippen molar-refractivity contribution < 1.29 is 4.74 Å². The number of hydrazone groups is 1. The average molecular weight is 299 g/mol. The molecule has 2 rings (SSSR count). The Hall–Kier alpha value is -2.40. The third kappa shape index (κ3) is 5.62. The molecule has 0 bridgehead atoms. The lowest BCUT2D eigenvalue weighted by Gasteiger charge is -2.06. The number of thiocarbonyl (C=S) groups is 1. The minimum Gasteiger partial charge on any atom is -0.493 e. The van der Waals surface area contributed by atoms with Gasteiger partial charge in [-0.2, -0.15) is 5.10 Å². The Kier molecular flexibility index (Phi) is 5.72. The van der Waals surface area contributed by atoms with Crippen LogP contribution in [-0.4, -0.2) is 17.9 Å². The Morgan fingerprint density at radius 3 is 2.52 bits per heavy atom. The summed E-state index contributed by atoms with van der Waals surface area (Å²) in [5.74, 6) is 0.838. The van der Waals surface area contributed by atoms with Crippen LogP contribution in [0.1, 0.15) is 11.1 Å². The molecule has 0 saturated carbocycles. The number of nitrogens with one attached hydrogen (secondary N) is 1. The third-order valence-electron chi connectivity index (χ3n) is 2.77. The molecule has 4 nitrogen and oxygen atoms in total. The molecule has 0 heterocycles. The monoisotopic (exact) mass is 299 g/mol. The molecule has 0 unspecified atom stereocenters. The lowest BCUT2D eigenvalue weighted by atomic mass is 10.2. The summed E-state index contributed by atoms with van der Waals surface area (Å²) in [6, 6.07) is 17.9. The van der Waals surface area contributed by atoms with Gasteiger partial charge in [0.25, 0.3) is 0 Å². The SMILES string of the molecule is NC(=S)NN=Cc1ccc(OCCc2ccccc2)cc1. The van der Waals surface area contributed by atoms with Gasteiger partial charge in [-0.15, -0.1) is 0 Å². The summed E-state index contributed by atoms with van der Waals surface area (Å²) in [7, 11) is 0. The van der Waals surface area contributed by atoms with Crippen LogP contribution in [0.2, 0.25) is 0 Å². The van der Waals surface area contributed by atoms with E-state index in [-0.39, 0.29) is 5.11 Å². The molecular formula is C16H17N3OS. The van der Waals surface area contributed by atoms with E-state index in [9.17, 15) is 0 Å². The van der Waals surface area contributed by atoms with Crippen LogP contribution in [0, 0.1) is 0 Å². The lowest BCUT2D eigenvalue weighted by molar-refractivity contribution is 0.322. The van der Waals surface area contributed by atoms with Gasteiger partial charge in [0.15, 0.2) is 5.11 Å². The highest BCUT2D eigenvalue weighted by Crippen LogP contribution is 2.11. The zero-order valence-corrected chi connectivity index (χ0v) is 12.3. The van der Waals surface area contributed by atoms with Crippen molar-refractivity contribution in [3.05, 3.63) is 65.7 Å². The van der Waals surface area contributed by atoms with Crippen molar-refractivity contribution in [3.63, 3.8) is 0 Å². The highest BCUT2D eigenvalue weighted by molar-refractivity contribution is 7.80. The van der Waals surface area contributed by atoms with Crippen molar-refractivity contribution in [3.8, 4) is 5.75 Å². The summed E-state index contributed by atoms with van der Waals surface area (Å²) in [6.45, 7) is 0.653. The predicted octanol–water partition coefficient (Wildman–Crippen LogP) is 2.48. The van der Waals surface area contributed by atoms with E-state index in [0.717, 1.165) is 17.7 Å². The number of nitrogens with two attached hydrogens (primary N) is 1. The molecule has 0 fully saturated rings. The Balaban J connectivity index is 1.79. The maximum atomic E-state index is 5.71. The fraction of sp³-hybridized carbons (Fsp3) is 0.125. The molecule has 0 aliphatic rings. The van der Waals surface area contributed by atoms with Crippen LogP contribution >= 0.6 is 12.2 Å². The van der Waals surface area contributed by atoms with Gasteiger partial charge in [-0.1, -0.05) is 30.3 Å². The molecule has 0 aliphatic heterocycles. The summed E-state index contributed by atoms with van der Waals surface area (Å²) < 4.78 is 5.71. The van der Waals surface area contributed by atoms with Crippen LogP contribution in [-0.2, 0) is 6.42 Å². The molecule has 3 N–H and O–H groups in total. The molecular weight excluding hydrogens is 282 g/mol. The van der Waals surface area contributed by atoms with E-state index >= 15 is 0 Å².